The maximum atomic E-state index is 13.2. The SMILES string of the molecule is O=S1(=O)CCN2C=CC=C(c3ccc(OCc4cccc(F)c4)cc3)C2=N1. The fourth-order valence-electron chi connectivity index (χ4n) is 2.97. The Hall–Kier alpha value is -2.93. The Morgan fingerprint density at radius 2 is 1.96 bits per heavy atom. The summed E-state index contributed by atoms with van der Waals surface area (Å²) in [6, 6.07) is 13.6. The van der Waals surface area contributed by atoms with Crippen LogP contribution in [-0.2, 0) is 16.6 Å². The van der Waals surface area contributed by atoms with Gasteiger partial charge >= 0.3 is 0 Å². The maximum absolute atomic E-state index is 13.2. The largest absolute Gasteiger partial charge is 0.489 e. The number of benzene rings is 2. The van der Waals surface area contributed by atoms with E-state index in [1.54, 1.807) is 24.3 Å². The van der Waals surface area contributed by atoms with Gasteiger partial charge in [-0.25, -0.2) is 12.8 Å². The lowest BCUT2D eigenvalue weighted by Crippen LogP contribution is -2.37. The molecule has 0 fully saturated rings. The average Bonchev–Trinajstić information content (AvgIpc) is 2.66. The van der Waals surface area contributed by atoms with E-state index in [1.807, 2.05) is 35.4 Å². The van der Waals surface area contributed by atoms with Crippen molar-refractivity contribution >= 4 is 21.4 Å². The molecule has 0 saturated heterocycles. The van der Waals surface area contributed by atoms with Gasteiger partial charge in [0.15, 0.2) is 5.84 Å². The van der Waals surface area contributed by atoms with Gasteiger partial charge in [0.2, 0.25) is 0 Å². The van der Waals surface area contributed by atoms with Crippen molar-refractivity contribution in [1.29, 1.82) is 0 Å². The van der Waals surface area contributed by atoms with Gasteiger partial charge in [-0.1, -0.05) is 24.3 Å². The lowest BCUT2D eigenvalue weighted by molar-refractivity contribution is 0.305. The minimum atomic E-state index is -3.43. The monoisotopic (exact) mass is 384 g/mol. The molecule has 138 valence electrons. The minimum absolute atomic E-state index is 0.0149. The molecule has 0 bridgehead atoms. The zero-order valence-corrected chi connectivity index (χ0v) is 15.2. The van der Waals surface area contributed by atoms with Gasteiger partial charge in [0, 0.05) is 18.3 Å². The summed E-state index contributed by atoms with van der Waals surface area (Å²) in [5, 5.41) is 0. The molecule has 2 aromatic rings. The standard InChI is InChI=1S/C20H17FN2O3S/c21-17-4-1-3-15(13-17)14-26-18-8-6-16(7-9-18)19-5-2-10-23-11-12-27(24,25)22-20(19)23/h1-10,13H,11-12,14H2. The highest BCUT2D eigenvalue weighted by Gasteiger charge is 2.27. The third-order valence-electron chi connectivity index (χ3n) is 4.32. The van der Waals surface area contributed by atoms with Crippen LogP contribution >= 0.6 is 0 Å². The van der Waals surface area contributed by atoms with Crippen LogP contribution in [0.1, 0.15) is 11.1 Å². The molecule has 4 rings (SSSR count). The smallest absolute Gasteiger partial charge is 0.256 e. The molecular formula is C20H17FN2O3S. The van der Waals surface area contributed by atoms with Crippen LogP contribution in [0.2, 0.25) is 0 Å². The summed E-state index contributed by atoms with van der Waals surface area (Å²) in [5.41, 5.74) is 2.34. The second-order valence-electron chi connectivity index (χ2n) is 6.26. The molecule has 0 aromatic heterocycles. The van der Waals surface area contributed by atoms with Crippen LogP contribution in [0.25, 0.3) is 5.57 Å². The number of ether oxygens (including phenoxy) is 1. The van der Waals surface area contributed by atoms with E-state index in [9.17, 15) is 12.8 Å². The van der Waals surface area contributed by atoms with Gasteiger partial charge in [0.05, 0.1) is 5.75 Å². The van der Waals surface area contributed by atoms with Crippen molar-refractivity contribution in [2.45, 2.75) is 6.61 Å². The van der Waals surface area contributed by atoms with Gasteiger partial charge in [-0.3, -0.25) is 0 Å². The molecule has 0 N–H and O–H groups in total. The highest BCUT2D eigenvalue weighted by atomic mass is 32.2. The first-order valence-electron chi connectivity index (χ1n) is 8.46. The van der Waals surface area contributed by atoms with Crippen molar-refractivity contribution in [3.63, 3.8) is 0 Å². The number of sulfonamides is 1. The highest BCUT2D eigenvalue weighted by Crippen LogP contribution is 2.27. The third-order valence-corrected chi connectivity index (χ3v) is 5.47. The zero-order valence-electron chi connectivity index (χ0n) is 14.4. The number of nitrogens with zero attached hydrogens (tertiary/aromatic N) is 2. The van der Waals surface area contributed by atoms with E-state index in [1.165, 1.54) is 12.1 Å². The number of hydrogen-bond donors (Lipinski definition) is 0. The summed E-state index contributed by atoms with van der Waals surface area (Å²) in [4.78, 5) is 1.84. The Kier molecular flexibility index (Phi) is 4.53. The fraction of sp³-hybridized carbons (Fsp3) is 0.150. The van der Waals surface area contributed by atoms with E-state index >= 15 is 0 Å². The maximum Gasteiger partial charge on any atom is 0.256 e. The van der Waals surface area contributed by atoms with Crippen LogP contribution < -0.4 is 4.74 Å². The summed E-state index contributed by atoms with van der Waals surface area (Å²) in [6.45, 7) is 0.658. The molecule has 0 saturated carbocycles. The van der Waals surface area contributed by atoms with Crippen LogP contribution in [0.4, 0.5) is 4.39 Å². The molecule has 0 unspecified atom stereocenters. The summed E-state index contributed by atoms with van der Waals surface area (Å²) in [5.74, 6) is 0.805. The number of fused-ring (bicyclic) bond motifs is 1. The lowest BCUT2D eigenvalue weighted by atomic mass is 10.0. The van der Waals surface area contributed by atoms with Crippen LogP contribution in [0, 0.1) is 5.82 Å². The first-order valence-corrected chi connectivity index (χ1v) is 10.1. The van der Waals surface area contributed by atoms with E-state index in [0.29, 0.717) is 18.1 Å². The molecule has 0 aliphatic carbocycles. The third kappa shape index (κ3) is 3.93. The van der Waals surface area contributed by atoms with Crippen molar-refractivity contribution in [2.24, 2.45) is 4.40 Å². The van der Waals surface area contributed by atoms with Gasteiger partial charge in [0.1, 0.15) is 18.2 Å². The summed E-state index contributed by atoms with van der Waals surface area (Å²) >= 11 is 0. The lowest BCUT2D eigenvalue weighted by Gasteiger charge is -2.29. The minimum Gasteiger partial charge on any atom is -0.489 e. The van der Waals surface area contributed by atoms with E-state index in [-0.39, 0.29) is 18.2 Å². The van der Waals surface area contributed by atoms with E-state index < -0.39 is 10.0 Å². The first kappa shape index (κ1) is 17.5. The molecule has 2 aliphatic rings. The second kappa shape index (κ2) is 7.00. The van der Waals surface area contributed by atoms with Crippen molar-refractivity contribution in [3.8, 4) is 5.75 Å². The zero-order chi connectivity index (χ0) is 18.9. The van der Waals surface area contributed by atoms with Crippen LogP contribution in [0.3, 0.4) is 0 Å². The highest BCUT2D eigenvalue weighted by molar-refractivity contribution is 7.90. The van der Waals surface area contributed by atoms with Gasteiger partial charge in [0.25, 0.3) is 10.0 Å². The topological polar surface area (TPSA) is 59.0 Å². The normalized spacial score (nSPS) is 17.7. The Balaban J connectivity index is 1.52. The predicted octanol–water partition coefficient (Wildman–Crippen LogP) is 3.36. The number of hydrogen-bond acceptors (Lipinski definition) is 4. The van der Waals surface area contributed by atoms with Gasteiger partial charge in [-0.2, -0.15) is 0 Å². The summed E-state index contributed by atoms with van der Waals surface area (Å²) in [6.07, 6.45) is 5.55. The second-order valence-corrected chi connectivity index (χ2v) is 8.01. The summed E-state index contributed by atoms with van der Waals surface area (Å²) < 4.78 is 46.6. The number of rotatable bonds is 4. The van der Waals surface area contributed by atoms with Crippen LogP contribution in [0.15, 0.2) is 71.3 Å². The molecular weight excluding hydrogens is 367 g/mol. The Labute approximate surface area is 157 Å². The Bertz CT molecular complexity index is 1060. The molecule has 7 heteroatoms. The van der Waals surface area contributed by atoms with Crippen molar-refractivity contribution in [3.05, 3.63) is 83.8 Å². The van der Waals surface area contributed by atoms with Gasteiger partial charge in [-0.15, -0.1) is 4.40 Å². The summed E-state index contributed by atoms with van der Waals surface area (Å²) in [7, 11) is -3.43. The van der Waals surface area contributed by atoms with Crippen molar-refractivity contribution in [2.75, 3.05) is 12.3 Å². The number of allylic oxidation sites excluding steroid dienone is 2. The molecule has 2 aliphatic heterocycles. The van der Waals surface area contributed by atoms with E-state index in [0.717, 1.165) is 16.7 Å². The molecule has 5 nitrogen and oxygen atoms in total. The van der Waals surface area contributed by atoms with Crippen LogP contribution in [0.5, 0.6) is 5.75 Å². The van der Waals surface area contributed by atoms with Crippen LogP contribution in [-0.4, -0.2) is 31.5 Å². The molecule has 2 heterocycles. The predicted molar refractivity (Wildman–Crippen MR) is 102 cm³/mol. The molecule has 0 atom stereocenters. The van der Waals surface area contributed by atoms with Gasteiger partial charge < -0.3 is 9.64 Å². The van der Waals surface area contributed by atoms with E-state index in [2.05, 4.69) is 4.40 Å². The van der Waals surface area contributed by atoms with E-state index in [4.69, 9.17) is 4.74 Å². The van der Waals surface area contributed by atoms with Crippen molar-refractivity contribution < 1.29 is 17.5 Å². The number of amidine groups is 1. The Morgan fingerprint density at radius 3 is 2.74 bits per heavy atom. The van der Waals surface area contributed by atoms with Crippen molar-refractivity contribution in [1.82, 2.24) is 4.90 Å². The number of halogens is 1. The molecule has 0 spiro atoms. The fourth-order valence-corrected chi connectivity index (χ4v) is 3.95. The molecule has 2 aromatic carbocycles. The first-order chi connectivity index (χ1) is 13.0. The molecule has 0 radical (unpaired) electrons. The average molecular weight is 384 g/mol. The molecule has 0 amide bonds. The van der Waals surface area contributed by atoms with Gasteiger partial charge in [-0.05, 0) is 47.5 Å². The quantitative estimate of drug-likeness (QED) is 0.811. The molecule has 27 heavy (non-hydrogen) atoms. The Morgan fingerprint density at radius 1 is 1.15 bits per heavy atom.